The number of halogens is 1. The molecule has 0 radical (unpaired) electrons. The summed E-state index contributed by atoms with van der Waals surface area (Å²) in [5.74, 6) is 0.309. The molecule has 2 saturated heterocycles. The van der Waals surface area contributed by atoms with Gasteiger partial charge in [0.15, 0.2) is 0 Å². The number of likely N-dealkylation sites (tertiary alicyclic amines) is 1. The number of hydrogen-bond acceptors (Lipinski definition) is 3. The fourth-order valence-corrected chi connectivity index (χ4v) is 3.50. The average molecular weight is 290 g/mol. The Labute approximate surface area is 123 Å². The van der Waals surface area contributed by atoms with Crippen LogP contribution in [-0.2, 0) is 4.79 Å². The van der Waals surface area contributed by atoms with E-state index in [0.717, 1.165) is 19.6 Å². The molecule has 2 fully saturated rings. The molecular formula is C14H28ClN3O. The maximum Gasteiger partial charge on any atom is 0.239 e. The predicted octanol–water partition coefficient (Wildman–Crippen LogP) is 1.49. The predicted molar refractivity (Wildman–Crippen MR) is 80.8 cm³/mol. The second-order valence-corrected chi connectivity index (χ2v) is 6.04. The molecule has 3 unspecified atom stereocenters. The summed E-state index contributed by atoms with van der Waals surface area (Å²) in [6, 6.07) is 1.53. The van der Waals surface area contributed by atoms with Crippen molar-refractivity contribution in [1.29, 1.82) is 0 Å². The molecule has 19 heavy (non-hydrogen) atoms. The van der Waals surface area contributed by atoms with Crippen molar-refractivity contribution in [1.82, 2.24) is 15.1 Å². The molecule has 0 saturated carbocycles. The number of amides is 1. The number of hydrogen-bond donors (Lipinski definition) is 1. The summed E-state index contributed by atoms with van der Waals surface area (Å²) in [6.45, 7) is 11.3. The van der Waals surface area contributed by atoms with Gasteiger partial charge in [0.25, 0.3) is 0 Å². The second-order valence-electron chi connectivity index (χ2n) is 6.04. The molecule has 4 nitrogen and oxygen atoms in total. The Kier molecular flexibility index (Phi) is 6.09. The lowest BCUT2D eigenvalue weighted by molar-refractivity contribution is -0.138. The summed E-state index contributed by atoms with van der Waals surface area (Å²) in [4.78, 5) is 17.0. The Hall–Kier alpha value is -0.320. The van der Waals surface area contributed by atoms with Gasteiger partial charge in [-0.2, -0.15) is 0 Å². The highest BCUT2D eigenvalue weighted by atomic mass is 35.5. The van der Waals surface area contributed by atoms with E-state index in [0.29, 0.717) is 24.0 Å². The van der Waals surface area contributed by atoms with E-state index in [1.807, 2.05) is 4.90 Å². The monoisotopic (exact) mass is 289 g/mol. The lowest BCUT2D eigenvalue weighted by Gasteiger charge is -2.38. The van der Waals surface area contributed by atoms with E-state index in [4.69, 9.17) is 0 Å². The molecule has 1 amide bonds. The normalized spacial score (nSPS) is 33.9. The Bertz CT molecular complexity index is 303. The van der Waals surface area contributed by atoms with Crippen molar-refractivity contribution in [3.63, 3.8) is 0 Å². The van der Waals surface area contributed by atoms with Gasteiger partial charge in [0.2, 0.25) is 5.91 Å². The van der Waals surface area contributed by atoms with Crippen LogP contribution >= 0.6 is 12.4 Å². The van der Waals surface area contributed by atoms with E-state index in [-0.39, 0.29) is 18.4 Å². The van der Waals surface area contributed by atoms with Crippen molar-refractivity contribution >= 4 is 18.3 Å². The molecule has 2 heterocycles. The number of rotatable bonds is 2. The van der Waals surface area contributed by atoms with Crippen LogP contribution in [-0.4, -0.2) is 59.5 Å². The van der Waals surface area contributed by atoms with E-state index in [2.05, 4.69) is 37.9 Å². The molecule has 2 rings (SSSR count). The van der Waals surface area contributed by atoms with Gasteiger partial charge in [0.05, 0.1) is 6.04 Å². The minimum Gasteiger partial charge on any atom is -0.339 e. The zero-order valence-electron chi connectivity index (χ0n) is 12.6. The van der Waals surface area contributed by atoms with Crippen molar-refractivity contribution in [2.24, 2.45) is 0 Å². The van der Waals surface area contributed by atoms with Gasteiger partial charge < -0.3 is 10.2 Å². The third-order valence-corrected chi connectivity index (χ3v) is 4.51. The maximum absolute atomic E-state index is 12.6. The summed E-state index contributed by atoms with van der Waals surface area (Å²) in [5, 5.41) is 3.39. The molecule has 0 aromatic heterocycles. The minimum atomic E-state index is 0. The number of nitrogens with zero attached hydrogens (tertiary/aromatic N) is 2. The van der Waals surface area contributed by atoms with Crippen LogP contribution in [0, 0.1) is 0 Å². The van der Waals surface area contributed by atoms with Gasteiger partial charge in [-0.25, -0.2) is 0 Å². The first-order valence-electron chi connectivity index (χ1n) is 7.30. The van der Waals surface area contributed by atoms with Crippen molar-refractivity contribution in [2.75, 3.05) is 19.6 Å². The van der Waals surface area contributed by atoms with Crippen LogP contribution in [0.3, 0.4) is 0 Å². The van der Waals surface area contributed by atoms with Crippen molar-refractivity contribution in [2.45, 2.75) is 64.7 Å². The molecule has 5 heteroatoms. The molecule has 2 aliphatic rings. The fourth-order valence-electron chi connectivity index (χ4n) is 3.50. The van der Waals surface area contributed by atoms with E-state index in [1.54, 1.807) is 0 Å². The Morgan fingerprint density at radius 1 is 1.21 bits per heavy atom. The van der Waals surface area contributed by atoms with Crippen LogP contribution in [0.1, 0.15) is 40.5 Å². The van der Waals surface area contributed by atoms with Crippen LogP contribution < -0.4 is 5.32 Å². The van der Waals surface area contributed by atoms with E-state index >= 15 is 0 Å². The lowest BCUT2D eigenvalue weighted by Crippen LogP contribution is -2.57. The first-order valence-corrected chi connectivity index (χ1v) is 7.30. The molecule has 0 bridgehead atoms. The Morgan fingerprint density at radius 2 is 1.79 bits per heavy atom. The van der Waals surface area contributed by atoms with E-state index in [1.165, 1.54) is 12.8 Å². The largest absolute Gasteiger partial charge is 0.339 e. The molecule has 1 N–H and O–H groups in total. The topological polar surface area (TPSA) is 35.6 Å². The molecular weight excluding hydrogens is 262 g/mol. The summed E-state index contributed by atoms with van der Waals surface area (Å²) >= 11 is 0. The molecule has 0 aromatic carbocycles. The second kappa shape index (κ2) is 6.91. The highest BCUT2D eigenvalue weighted by Gasteiger charge is 2.36. The quantitative estimate of drug-likeness (QED) is 0.837. The van der Waals surface area contributed by atoms with Gasteiger partial charge in [0.1, 0.15) is 0 Å². The summed E-state index contributed by atoms with van der Waals surface area (Å²) < 4.78 is 0. The molecule has 2 aliphatic heterocycles. The van der Waals surface area contributed by atoms with Gasteiger partial charge in [-0.3, -0.25) is 9.69 Å². The summed E-state index contributed by atoms with van der Waals surface area (Å²) in [6.07, 6.45) is 2.44. The zero-order valence-corrected chi connectivity index (χ0v) is 13.4. The summed E-state index contributed by atoms with van der Waals surface area (Å²) in [5.41, 5.74) is 0. The SMILES string of the molecule is CC1CCC(C)N1C(C)C(=O)N1CCN[C@H](C)C1.Cl. The van der Waals surface area contributed by atoms with Crippen LogP contribution in [0.15, 0.2) is 0 Å². The van der Waals surface area contributed by atoms with Crippen LogP contribution in [0.4, 0.5) is 0 Å². The van der Waals surface area contributed by atoms with Crippen molar-refractivity contribution in [3.8, 4) is 0 Å². The molecule has 0 aromatic rings. The van der Waals surface area contributed by atoms with Gasteiger partial charge in [-0.15, -0.1) is 12.4 Å². The minimum absolute atomic E-state index is 0. The molecule has 0 spiro atoms. The molecule has 4 atom stereocenters. The Balaban J connectivity index is 0.00000180. The third-order valence-electron chi connectivity index (χ3n) is 4.51. The summed E-state index contributed by atoms with van der Waals surface area (Å²) in [7, 11) is 0. The maximum atomic E-state index is 12.6. The molecule has 0 aliphatic carbocycles. The van der Waals surface area contributed by atoms with E-state index in [9.17, 15) is 4.79 Å². The standard InChI is InChI=1S/C14H27N3O.ClH/c1-10-9-16(8-7-15-10)14(18)13(4)17-11(2)5-6-12(17)3;/h10-13,15H,5-9H2,1-4H3;1H/t10-,11?,12?,13?;/m1./s1. The van der Waals surface area contributed by atoms with Crippen molar-refractivity contribution < 1.29 is 4.79 Å². The van der Waals surface area contributed by atoms with Crippen molar-refractivity contribution in [3.05, 3.63) is 0 Å². The van der Waals surface area contributed by atoms with Crippen LogP contribution in [0.25, 0.3) is 0 Å². The highest BCUT2D eigenvalue weighted by molar-refractivity contribution is 5.85. The third kappa shape index (κ3) is 3.61. The average Bonchev–Trinajstić information content (AvgIpc) is 2.67. The number of carbonyl (C=O) groups excluding carboxylic acids is 1. The number of nitrogens with one attached hydrogen (secondary N) is 1. The van der Waals surface area contributed by atoms with Crippen LogP contribution in [0.2, 0.25) is 0 Å². The number of piperazine rings is 1. The first-order chi connectivity index (χ1) is 8.50. The molecule has 112 valence electrons. The van der Waals surface area contributed by atoms with Gasteiger partial charge in [-0.05, 0) is 40.5 Å². The Morgan fingerprint density at radius 3 is 2.32 bits per heavy atom. The zero-order chi connectivity index (χ0) is 13.3. The van der Waals surface area contributed by atoms with E-state index < -0.39 is 0 Å². The van der Waals surface area contributed by atoms with Gasteiger partial charge in [-0.1, -0.05) is 0 Å². The fraction of sp³-hybridized carbons (Fsp3) is 0.929. The van der Waals surface area contributed by atoms with Crippen LogP contribution in [0.5, 0.6) is 0 Å². The smallest absolute Gasteiger partial charge is 0.239 e. The number of carbonyl (C=O) groups is 1. The van der Waals surface area contributed by atoms with Gasteiger partial charge in [0, 0.05) is 37.8 Å². The highest BCUT2D eigenvalue weighted by Crippen LogP contribution is 2.26. The first kappa shape index (κ1) is 16.7. The lowest BCUT2D eigenvalue weighted by atomic mass is 10.1. The van der Waals surface area contributed by atoms with Gasteiger partial charge >= 0.3 is 0 Å².